The normalized spacial score (nSPS) is 10.4. The van der Waals surface area contributed by atoms with E-state index in [9.17, 15) is 9.50 Å². The van der Waals surface area contributed by atoms with Crippen LogP contribution in [0.25, 0.3) is 11.1 Å². The van der Waals surface area contributed by atoms with Gasteiger partial charge in [-0.25, -0.2) is 4.39 Å². The van der Waals surface area contributed by atoms with Crippen molar-refractivity contribution >= 4 is 17.3 Å². The Morgan fingerprint density at radius 1 is 1.12 bits per heavy atom. The van der Waals surface area contributed by atoms with Crippen LogP contribution in [0.1, 0.15) is 0 Å². The van der Waals surface area contributed by atoms with Crippen LogP contribution in [0.15, 0.2) is 36.4 Å². The molecule has 3 N–H and O–H groups in total. The zero-order chi connectivity index (χ0) is 11.7. The SMILES string of the molecule is Nc1ccc(-c2ccc(Cl)cc2F)cc1O. The van der Waals surface area contributed by atoms with E-state index in [1.54, 1.807) is 18.2 Å². The van der Waals surface area contributed by atoms with Crippen LogP contribution in [0.2, 0.25) is 5.02 Å². The molecule has 0 aliphatic carbocycles. The lowest BCUT2D eigenvalue weighted by atomic mass is 10.0. The Morgan fingerprint density at radius 3 is 2.50 bits per heavy atom. The Balaban J connectivity index is 2.54. The first-order chi connectivity index (χ1) is 7.58. The highest BCUT2D eigenvalue weighted by atomic mass is 35.5. The summed E-state index contributed by atoms with van der Waals surface area (Å²) in [4.78, 5) is 0. The largest absolute Gasteiger partial charge is 0.506 e. The molecule has 2 nitrogen and oxygen atoms in total. The Labute approximate surface area is 97.1 Å². The number of anilines is 1. The fourth-order valence-electron chi connectivity index (χ4n) is 1.43. The van der Waals surface area contributed by atoms with Crippen LogP contribution in [0.3, 0.4) is 0 Å². The lowest BCUT2D eigenvalue weighted by Crippen LogP contribution is -1.88. The molecule has 0 aromatic heterocycles. The summed E-state index contributed by atoms with van der Waals surface area (Å²) < 4.78 is 13.6. The molecule has 0 spiro atoms. The van der Waals surface area contributed by atoms with Crippen LogP contribution in [-0.4, -0.2) is 5.11 Å². The van der Waals surface area contributed by atoms with Crippen molar-refractivity contribution in [3.8, 4) is 16.9 Å². The Hall–Kier alpha value is -1.74. The fraction of sp³-hybridized carbons (Fsp3) is 0. The predicted molar refractivity (Wildman–Crippen MR) is 62.9 cm³/mol. The lowest BCUT2D eigenvalue weighted by Gasteiger charge is -2.06. The van der Waals surface area contributed by atoms with Crippen LogP contribution < -0.4 is 5.73 Å². The number of rotatable bonds is 1. The molecule has 16 heavy (non-hydrogen) atoms. The molecule has 0 bridgehead atoms. The van der Waals surface area contributed by atoms with Crippen molar-refractivity contribution in [2.24, 2.45) is 0 Å². The van der Waals surface area contributed by atoms with E-state index >= 15 is 0 Å². The van der Waals surface area contributed by atoms with Gasteiger partial charge in [0, 0.05) is 10.6 Å². The van der Waals surface area contributed by atoms with Crippen LogP contribution in [-0.2, 0) is 0 Å². The van der Waals surface area contributed by atoms with Gasteiger partial charge in [-0.05, 0) is 35.9 Å². The van der Waals surface area contributed by atoms with E-state index < -0.39 is 5.82 Å². The molecular weight excluding hydrogens is 229 g/mol. The van der Waals surface area contributed by atoms with Crippen LogP contribution >= 0.6 is 11.6 Å². The minimum Gasteiger partial charge on any atom is -0.506 e. The molecule has 0 amide bonds. The van der Waals surface area contributed by atoms with Crippen molar-refractivity contribution in [1.29, 1.82) is 0 Å². The maximum atomic E-state index is 13.6. The summed E-state index contributed by atoms with van der Waals surface area (Å²) >= 11 is 5.65. The fourth-order valence-corrected chi connectivity index (χ4v) is 1.59. The summed E-state index contributed by atoms with van der Waals surface area (Å²) in [6.07, 6.45) is 0. The van der Waals surface area contributed by atoms with Gasteiger partial charge in [0.1, 0.15) is 11.6 Å². The molecule has 4 heteroatoms. The number of nitrogens with two attached hydrogens (primary N) is 1. The smallest absolute Gasteiger partial charge is 0.139 e. The number of benzene rings is 2. The van der Waals surface area contributed by atoms with Crippen molar-refractivity contribution in [3.63, 3.8) is 0 Å². The number of halogens is 2. The summed E-state index contributed by atoms with van der Waals surface area (Å²) in [5.74, 6) is -0.497. The molecule has 0 aliphatic heterocycles. The molecule has 2 rings (SSSR count). The zero-order valence-corrected chi connectivity index (χ0v) is 9.00. The number of hydrogen-bond acceptors (Lipinski definition) is 2. The van der Waals surface area contributed by atoms with Gasteiger partial charge in [-0.15, -0.1) is 0 Å². The molecule has 2 aromatic rings. The van der Waals surface area contributed by atoms with Gasteiger partial charge in [-0.1, -0.05) is 17.7 Å². The number of phenolic OH excluding ortho intramolecular Hbond substituents is 1. The molecule has 0 atom stereocenters. The molecule has 0 radical (unpaired) electrons. The third-order valence-corrected chi connectivity index (χ3v) is 2.51. The van der Waals surface area contributed by atoms with Gasteiger partial charge in [0.25, 0.3) is 0 Å². The van der Waals surface area contributed by atoms with Crippen LogP contribution in [0.4, 0.5) is 10.1 Å². The van der Waals surface area contributed by atoms with E-state index in [2.05, 4.69) is 0 Å². The average molecular weight is 238 g/mol. The third-order valence-electron chi connectivity index (χ3n) is 2.27. The Morgan fingerprint density at radius 2 is 1.88 bits per heavy atom. The van der Waals surface area contributed by atoms with Gasteiger partial charge in [0.05, 0.1) is 5.69 Å². The predicted octanol–water partition coefficient (Wildman–Crippen LogP) is 3.43. The second-order valence-electron chi connectivity index (χ2n) is 3.40. The van der Waals surface area contributed by atoms with Crippen LogP contribution in [0.5, 0.6) is 5.75 Å². The quantitative estimate of drug-likeness (QED) is 0.590. The van der Waals surface area contributed by atoms with Crippen molar-refractivity contribution < 1.29 is 9.50 Å². The minimum atomic E-state index is -0.434. The highest BCUT2D eigenvalue weighted by molar-refractivity contribution is 6.30. The second-order valence-corrected chi connectivity index (χ2v) is 3.83. The number of hydrogen-bond donors (Lipinski definition) is 2. The van der Waals surface area contributed by atoms with Gasteiger partial charge >= 0.3 is 0 Å². The van der Waals surface area contributed by atoms with Gasteiger partial charge < -0.3 is 10.8 Å². The molecule has 82 valence electrons. The molecule has 2 aromatic carbocycles. The maximum Gasteiger partial charge on any atom is 0.139 e. The van der Waals surface area contributed by atoms with Gasteiger partial charge in [-0.2, -0.15) is 0 Å². The number of aromatic hydroxyl groups is 1. The highest BCUT2D eigenvalue weighted by Crippen LogP contribution is 2.30. The Kier molecular flexibility index (Phi) is 2.71. The maximum absolute atomic E-state index is 13.6. The zero-order valence-electron chi connectivity index (χ0n) is 8.24. The first-order valence-electron chi connectivity index (χ1n) is 4.62. The van der Waals surface area contributed by atoms with E-state index in [4.69, 9.17) is 17.3 Å². The van der Waals surface area contributed by atoms with Crippen molar-refractivity contribution in [2.45, 2.75) is 0 Å². The minimum absolute atomic E-state index is 0.0631. The topological polar surface area (TPSA) is 46.2 Å². The summed E-state index contributed by atoms with van der Waals surface area (Å²) in [6, 6.07) is 8.96. The van der Waals surface area contributed by atoms with Gasteiger partial charge in [0.2, 0.25) is 0 Å². The lowest BCUT2D eigenvalue weighted by molar-refractivity contribution is 0.478. The van der Waals surface area contributed by atoms with Crippen molar-refractivity contribution in [2.75, 3.05) is 5.73 Å². The molecular formula is C12H9ClFNO. The second kappa shape index (κ2) is 4.02. The van der Waals surface area contributed by atoms with E-state index in [0.29, 0.717) is 16.1 Å². The summed E-state index contributed by atoms with van der Waals surface area (Å²) in [5, 5.41) is 9.77. The molecule has 0 fully saturated rings. The summed E-state index contributed by atoms with van der Waals surface area (Å²) in [6.45, 7) is 0. The first-order valence-corrected chi connectivity index (χ1v) is 4.99. The van der Waals surface area contributed by atoms with Gasteiger partial charge in [-0.3, -0.25) is 0 Å². The number of phenols is 1. The van der Waals surface area contributed by atoms with E-state index in [0.717, 1.165) is 0 Å². The molecule has 0 saturated carbocycles. The van der Waals surface area contributed by atoms with Gasteiger partial charge in [0.15, 0.2) is 0 Å². The Bertz CT molecular complexity index is 543. The molecule has 0 heterocycles. The summed E-state index contributed by atoms with van der Waals surface area (Å²) in [7, 11) is 0. The van der Waals surface area contributed by atoms with Crippen molar-refractivity contribution in [3.05, 3.63) is 47.2 Å². The third kappa shape index (κ3) is 1.95. The van der Waals surface area contributed by atoms with E-state index in [1.807, 2.05) is 0 Å². The van der Waals surface area contributed by atoms with E-state index in [-0.39, 0.29) is 11.4 Å². The molecule has 0 saturated heterocycles. The molecule has 0 unspecified atom stereocenters. The molecule has 0 aliphatic rings. The van der Waals surface area contributed by atoms with E-state index in [1.165, 1.54) is 18.2 Å². The summed E-state index contributed by atoms with van der Waals surface area (Å²) in [5.41, 5.74) is 6.66. The average Bonchev–Trinajstić information content (AvgIpc) is 2.22. The highest BCUT2D eigenvalue weighted by Gasteiger charge is 2.07. The van der Waals surface area contributed by atoms with Crippen molar-refractivity contribution in [1.82, 2.24) is 0 Å². The standard InChI is InChI=1S/C12H9ClFNO/c13-8-2-3-9(10(14)6-8)7-1-4-11(15)12(16)5-7/h1-6,16H,15H2. The van der Waals surface area contributed by atoms with Crippen LogP contribution in [0, 0.1) is 5.82 Å². The number of nitrogen functional groups attached to an aromatic ring is 1. The monoisotopic (exact) mass is 237 g/mol. The first kappa shape index (κ1) is 10.8.